The Balaban J connectivity index is 2.07. The molecule has 0 bridgehead atoms. The number of benzene rings is 1. The van der Waals surface area contributed by atoms with Crippen LogP contribution in [-0.2, 0) is 9.31 Å². The van der Waals surface area contributed by atoms with Crippen LogP contribution in [0.2, 0.25) is 0 Å². The van der Waals surface area contributed by atoms with Gasteiger partial charge in [-0.3, -0.25) is 4.79 Å². The minimum atomic E-state index is -0.498. The molecule has 1 fully saturated rings. The summed E-state index contributed by atoms with van der Waals surface area (Å²) in [4.78, 5) is 11.6. The summed E-state index contributed by atoms with van der Waals surface area (Å²) in [6, 6.07) is 5.56. The number of nitrogens with two attached hydrogens (primary N) is 1. The quantitative estimate of drug-likeness (QED) is 0.862. The predicted molar refractivity (Wildman–Crippen MR) is 85.2 cm³/mol. The van der Waals surface area contributed by atoms with Crippen molar-refractivity contribution in [1.82, 2.24) is 0 Å². The first-order valence-electron chi connectivity index (χ1n) is 7.31. The second-order valence-corrected chi connectivity index (χ2v) is 6.74. The second-order valence-electron chi connectivity index (χ2n) is 6.74. The smallest absolute Gasteiger partial charge is 0.461 e. The highest BCUT2D eigenvalue weighted by atomic mass is 16.7. The molecular weight excluding hydrogens is 281 g/mol. The minimum absolute atomic E-state index is 0.411. The molecule has 0 atom stereocenters. The summed E-state index contributed by atoms with van der Waals surface area (Å²) < 4.78 is 17.7. The van der Waals surface area contributed by atoms with Gasteiger partial charge in [-0.15, -0.1) is 0 Å². The van der Waals surface area contributed by atoms with E-state index in [9.17, 15) is 4.79 Å². The van der Waals surface area contributed by atoms with Crippen molar-refractivity contribution in [3.05, 3.63) is 29.5 Å². The van der Waals surface area contributed by atoms with E-state index < -0.39 is 24.2 Å². The van der Waals surface area contributed by atoms with Gasteiger partial charge in [0.15, 0.2) is 0 Å². The lowest BCUT2D eigenvalue weighted by molar-refractivity contribution is 0.00578. The molecule has 1 saturated heterocycles. The van der Waals surface area contributed by atoms with Gasteiger partial charge in [0.25, 0.3) is 5.91 Å². The van der Waals surface area contributed by atoms with Crippen molar-refractivity contribution in [2.75, 3.05) is 0 Å². The fourth-order valence-corrected chi connectivity index (χ4v) is 2.67. The van der Waals surface area contributed by atoms with Crippen molar-refractivity contribution in [1.29, 1.82) is 0 Å². The summed E-state index contributed by atoms with van der Waals surface area (Å²) in [5.74, 6) is 0.0240. The first kappa shape index (κ1) is 15.1. The van der Waals surface area contributed by atoms with Gasteiger partial charge in [0.05, 0.1) is 16.8 Å². The van der Waals surface area contributed by atoms with Crippen molar-refractivity contribution in [3.8, 4) is 0 Å². The van der Waals surface area contributed by atoms with E-state index in [1.807, 2.05) is 45.9 Å². The Bertz CT molecular complexity index is 747. The molecule has 1 aromatic carbocycles. The van der Waals surface area contributed by atoms with Crippen molar-refractivity contribution in [2.45, 2.75) is 45.8 Å². The molecule has 1 amide bonds. The van der Waals surface area contributed by atoms with Crippen LogP contribution in [0.1, 0.15) is 43.8 Å². The molecule has 0 aliphatic carbocycles. The summed E-state index contributed by atoms with van der Waals surface area (Å²) in [7, 11) is -0.481. The zero-order chi connectivity index (χ0) is 16.3. The number of hydrogen-bond donors (Lipinski definition) is 1. The number of hydrogen-bond acceptors (Lipinski definition) is 4. The average molecular weight is 301 g/mol. The lowest BCUT2D eigenvalue weighted by Crippen LogP contribution is -2.41. The molecule has 116 valence electrons. The number of furan rings is 1. The zero-order valence-electron chi connectivity index (χ0n) is 13.5. The summed E-state index contributed by atoms with van der Waals surface area (Å²) >= 11 is 0. The number of aryl methyl sites for hydroxylation is 1. The lowest BCUT2D eigenvalue weighted by Gasteiger charge is -2.32. The molecule has 5 nitrogen and oxygen atoms in total. The van der Waals surface area contributed by atoms with Crippen LogP contribution in [0.25, 0.3) is 11.0 Å². The van der Waals surface area contributed by atoms with Gasteiger partial charge in [0.2, 0.25) is 0 Å². The maximum atomic E-state index is 11.6. The fourth-order valence-electron chi connectivity index (χ4n) is 2.67. The highest BCUT2D eigenvalue weighted by Gasteiger charge is 2.51. The Labute approximate surface area is 129 Å². The molecule has 2 N–H and O–H groups in total. The number of primary amides is 1. The fraction of sp³-hybridized carbons (Fsp3) is 0.438. The predicted octanol–water partition coefficient (Wildman–Crippen LogP) is 2.14. The molecule has 0 radical (unpaired) electrons. The summed E-state index contributed by atoms with van der Waals surface area (Å²) in [6.07, 6.45) is 0. The van der Waals surface area contributed by atoms with Crippen LogP contribution in [0.4, 0.5) is 0 Å². The molecule has 0 spiro atoms. The van der Waals surface area contributed by atoms with Crippen LogP contribution >= 0.6 is 0 Å². The molecule has 22 heavy (non-hydrogen) atoms. The van der Waals surface area contributed by atoms with Crippen LogP contribution in [0.15, 0.2) is 22.6 Å². The molecule has 6 heteroatoms. The van der Waals surface area contributed by atoms with E-state index >= 15 is 0 Å². The monoisotopic (exact) mass is 301 g/mol. The highest BCUT2D eigenvalue weighted by Crippen LogP contribution is 2.36. The average Bonchev–Trinajstić information content (AvgIpc) is 2.81. The Hall–Kier alpha value is -1.79. The van der Waals surface area contributed by atoms with E-state index in [1.54, 1.807) is 6.92 Å². The number of rotatable bonds is 2. The van der Waals surface area contributed by atoms with Gasteiger partial charge in [0.1, 0.15) is 11.3 Å². The van der Waals surface area contributed by atoms with Gasteiger partial charge in [-0.1, -0.05) is 12.1 Å². The number of carbonyl (C=O) groups excluding carboxylic acids is 1. The van der Waals surface area contributed by atoms with E-state index in [0.717, 1.165) is 5.46 Å². The molecule has 1 aliphatic heterocycles. The highest BCUT2D eigenvalue weighted by molar-refractivity contribution is 6.62. The minimum Gasteiger partial charge on any atom is -0.461 e. The van der Waals surface area contributed by atoms with Crippen molar-refractivity contribution in [3.63, 3.8) is 0 Å². The van der Waals surface area contributed by atoms with E-state index in [-0.39, 0.29) is 0 Å². The van der Waals surface area contributed by atoms with Gasteiger partial charge >= 0.3 is 7.12 Å². The van der Waals surface area contributed by atoms with Gasteiger partial charge in [-0.2, -0.15) is 0 Å². The van der Waals surface area contributed by atoms with E-state index in [4.69, 9.17) is 19.5 Å². The molecule has 1 aliphatic rings. The standard InChI is InChI=1S/C16H20BNO4/c1-9-13(14(18)19)11-8-10(6-7-12(11)20-9)17-21-15(2,3)16(4,5)22-17/h6-8H,1-5H3,(H2,18,19). The summed E-state index contributed by atoms with van der Waals surface area (Å²) in [5.41, 5.74) is 6.51. The number of fused-ring (bicyclic) bond motifs is 1. The van der Waals surface area contributed by atoms with Crippen molar-refractivity contribution < 1.29 is 18.5 Å². The third-order valence-corrected chi connectivity index (χ3v) is 4.66. The van der Waals surface area contributed by atoms with Crippen LogP contribution in [0.3, 0.4) is 0 Å². The van der Waals surface area contributed by atoms with E-state index in [0.29, 0.717) is 22.3 Å². The van der Waals surface area contributed by atoms with E-state index in [2.05, 4.69) is 0 Å². The zero-order valence-corrected chi connectivity index (χ0v) is 13.5. The van der Waals surface area contributed by atoms with Gasteiger partial charge in [-0.25, -0.2) is 0 Å². The third kappa shape index (κ3) is 2.14. The maximum Gasteiger partial charge on any atom is 0.494 e. The maximum absolute atomic E-state index is 11.6. The molecule has 0 unspecified atom stereocenters. The Kier molecular flexibility index (Phi) is 3.16. The van der Waals surface area contributed by atoms with Gasteiger partial charge in [-0.05, 0) is 46.1 Å². The first-order valence-corrected chi connectivity index (χ1v) is 7.31. The molecule has 1 aromatic heterocycles. The van der Waals surface area contributed by atoms with Crippen LogP contribution in [0.5, 0.6) is 0 Å². The third-order valence-electron chi connectivity index (χ3n) is 4.66. The molecule has 0 saturated carbocycles. The first-order chi connectivity index (χ1) is 10.1. The Morgan fingerprint density at radius 3 is 2.27 bits per heavy atom. The van der Waals surface area contributed by atoms with E-state index in [1.165, 1.54) is 0 Å². The normalized spacial score (nSPS) is 19.8. The topological polar surface area (TPSA) is 74.7 Å². The molecular formula is C16H20BNO4. The Morgan fingerprint density at radius 2 is 1.73 bits per heavy atom. The summed E-state index contributed by atoms with van der Waals surface area (Å²) in [5, 5.41) is 0.692. The van der Waals surface area contributed by atoms with Crippen LogP contribution in [0, 0.1) is 6.92 Å². The molecule has 2 aromatic rings. The second kappa shape index (κ2) is 4.60. The lowest BCUT2D eigenvalue weighted by atomic mass is 9.78. The van der Waals surface area contributed by atoms with Crippen molar-refractivity contribution in [2.24, 2.45) is 5.73 Å². The van der Waals surface area contributed by atoms with Gasteiger partial charge < -0.3 is 19.5 Å². The number of carbonyl (C=O) groups is 1. The Morgan fingerprint density at radius 1 is 1.14 bits per heavy atom. The summed E-state index contributed by atoms with van der Waals surface area (Å²) in [6.45, 7) is 9.74. The van der Waals surface area contributed by atoms with Crippen molar-refractivity contribution >= 4 is 29.5 Å². The molecule has 3 rings (SSSR count). The van der Waals surface area contributed by atoms with Crippen LogP contribution < -0.4 is 11.2 Å². The SMILES string of the molecule is Cc1oc2ccc(B3OC(C)(C)C(C)(C)O3)cc2c1C(N)=O. The van der Waals surface area contributed by atoms with Crippen LogP contribution in [-0.4, -0.2) is 24.2 Å². The van der Waals surface area contributed by atoms with Gasteiger partial charge in [0, 0.05) is 5.39 Å². The number of amides is 1. The molecule has 2 heterocycles. The largest absolute Gasteiger partial charge is 0.494 e.